The molecule has 0 atom stereocenters. The summed E-state index contributed by atoms with van der Waals surface area (Å²) in [5, 5.41) is 10.9. The number of carbonyl (C=O) groups excluding carboxylic acids is 1. The third-order valence-electron chi connectivity index (χ3n) is 4.03. The first-order chi connectivity index (χ1) is 11.1. The van der Waals surface area contributed by atoms with Crippen molar-refractivity contribution in [1.29, 1.82) is 0 Å². The Morgan fingerprint density at radius 3 is 2.78 bits per heavy atom. The van der Waals surface area contributed by atoms with Crippen molar-refractivity contribution in [3.8, 4) is 5.75 Å². The van der Waals surface area contributed by atoms with Crippen LogP contribution in [0.15, 0.2) is 24.3 Å². The Bertz CT molecular complexity index is 676. The summed E-state index contributed by atoms with van der Waals surface area (Å²) in [6, 6.07) is 7.82. The van der Waals surface area contributed by atoms with E-state index in [1.807, 2.05) is 28.8 Å². The summed E-state index contributed by atoms with van der Waals surface area (Å²) in [6.07, 6.45) is 3.13. The van der Waals surface area contributed by atoms with Crippen LogP contribution < -0.4 is 10.1 Å². The van der Waals surface area contributed by atoms with Crippen molar-refractivity contribution in [3.05, 3.63) is 35.7 Å². The minimum Gasteiger partial charge on any atom is -0.484 e. The Labute approximate surface area is 135 Å². The molecule has 2 aromatic rings. The van der Waals surface area contributed by atoms with Crippen LogP contribution in [0.25, 0.3) is 0 Å². The van der Waals surface area contributed by atoms with Crippen LogP contribution in [-0.2, 0) is 17.8 Å². The number of nitrogens with zero attached hydrogens (tertiary/aromatic N) is 3. The van der Waals surface area contributed by atoms with Gasteiger partial charge in [0.25, 0.3) is 5.91 Å². The fraction of sp³-hybridized carbons (Fsp3) is 0.471. The SMILES string of the molecule is CC(C)c1ccc(OCC(=O)Nc2nnc3n2CCCC3)cc1. The quantitative estimate of drug-likeness (QED) is 0.921. The Kier molecular flexibility index (Phi) is 4.60. The second kappa shape index (κ2) is 6.81. The Morgan fingerprint density at radius 2 is 2.04 bits per heavy atom. The molecular weight excluding hydrogens is 292 g/mol. The zero-order chi connectivity index (χ0) is 16.2. The van der Waals surface area contributed by atoms with Gasteiger partial charge in [-0.1, -0.05) is 26.0 Å². The fourth-order valence-corrected chi connectivity index (χ4v) is 2.66. The number of ether oxygens (including phenoxy) is 1. The van der Waals surface area contributed by atoms with Crippen molar-refractivity contribution in [1.82, 2.24) is 14.8 Å². The fourth-order valence-electron chi connectivity index (χ4n) is 2.66. The van der Waals surface area contributed by atoms with E-state index in [0.717, 1.165) is 31.6 Å². The number of carbonyl (C=O) groups is 1. The van der Waals surface area contributed by atoms with Gasteiger partial charge in [-0.2, -0.15) is 0 Å². The molecule has 1 aromatic heterocycles. The molecule has 6 heteroatoms. The van der Waals surface area contributed by atoms with Gasteiger partial charge < -0.3 is 4.74 Å². The van der Waals surface area contributed by atoms with E-state index in [9.17, 15) is 4.79 Å². The molecule has 0 spiro atoms. The topological polar surface area (TPSA) is 69.0 Å². The number of rotatable bonds is 5. The van der Waals surface area contributed by atoms with Gasteiger partial charge in [0.05, 0.1) is 0 Å². The third kappa shape index (κ3) is 3.70. The van der Waals surface area contributed by atoms with Gasteiger partial charge in [-0.05, 0) is 36.5 Å². The van der Waals surface area contributed by atoms with E-state index in [1.165, 1.54) is 5.56 Å². The summed E-state index contributed by atoms with van der Waals surface area (Å²) in [6.45, 7) is 5.10. The number of benzene rings is 1. The standard InChI is InChI=1S/C17H22N4O2/c1-12(2)13-6-8-14(9-7-13)23-11-16(22)18-17-20-19-15-5-3-4-10-21(15)17/h6-9,12H,3-5,10-11H2,1-2H3,(H,18,20,22). The van der Waals surface area contributed by atoms with Gasteiger partial charge in [-0.3, -0.25) is 14.7 Å². The summed E-state index contributed by atoms with van der Waals surface area (Å²) in [7, 11) is 0. The lowest BCUT2D eigenvalue weighted by atomic mass is 10.0. The van der Waals surface area contributed by atoms with E-state index >= 15 is 0 Å². The number of anilines is 1. The van der Waals surface area contributed by atoms with Crippen LogP contribution in [0.3, 0.4) is 0 Å². The summed E-state index contributed by atoms with van der Waals surface area (Å²) in [5.41, 5.74) is 1.25. The summed E-state index contributed by atoms with van der Waals surface area (Å²) in [4.78, 5) is 12.0. The number of nitrogens with one attached hydrogen (secondary N) is 1. The molecule has 0 saturated heterocycles. The number of hydrogen-bond acceptors (Lipinski definition) is 4. The molecule has 0 bridgehead atoms. The molecule has 0 aliphatic carbocycles. The van der Waals surface area contributed by atoms with Gasteiger partial charge >= 0.3 is 0 Å². The maximum atomic E-state index is 12.0. The first kappa shape index (κ1) is 15.5. The van der Waals surface area contributed by atoms with Crippen molar-refractivity contribution in [2.45, 2.75) is 45.6 Å². The van der Waals surface area contributed by atoms with E-state index in [-0.39, 0.29) is 12.5 Å². The number of fused-ring (bicyclic) bond motifs is 1. The van der Waals surface area contributed by atoms with Crippen LogP contribution in [0.1, 0.15) is 44.0 Å². The highest BCUT2D eigenvalue weighted by atomic mass is 16.5. The molecule has 122 valence electrons. The van der Waals surface area contributed by atoms with Gasteiger partial charge in [0.2, 0.25) is 5.95 Å². The van der Waals surface area contributed by atoms with Gasteiger partial charge in [-0.25, -0.2) is 0 Å². The molecule has 2 heterocycles. The van der Waals surface area contributed by atoms with Crippen LogP contribution in [-0.4, -0.2) is 27.3 Å². The molecule has 3 rings (SSSR count). The smallest absolute Gasteiger partial charge is 0.264 e. The zero-order valence-electron chi connectivity index (χ0n) is 13.6. The predicted octanol–water partition coefficient (Wildman–Crippen LogP) is 2.76. The molecule has 1 amide bonds. The average Bonchev–Trinajstić information content (AvgIpc) is 2.96. The molecule has 1 aromatic carbocycles. The van der Waals surface area contributed by atoms with Crippen LogP contribution in [0.5, 0.6) is 5.75 Å². The maximum absolute atomic E-state index is 12.0. The molecule has 0 radical (unpaired) electrons. The first-order valence-electron chi connectivity index (χ1n) is 8.08. The Morgan fingerprint density at radius 1 is 1.26 bits per heavy atom. The molecule has 0 fully saturated rings. The van der Waals surface area contributed by atoms with Crippen LogP contribution in [0, 0.1) is 0 Å². The Balaban J connectivity index is 1.54. The minimum atomic E-state index is -0.223. The van der Waals surface area contributed by atoms with Gasteiger partial charge in [0, 0.05) is 13.0 Å². The number of aryl methyl sites for hydroxylation is 1. The summed E-state index contributed by atoms with van der Waals surface area (Å²) >= 11 is 0. The lowest BCUT2D eigenvalue weighted by Crippen LogP contribution is -2.23. The van der Waals surface area contributed by atoms with Gasteiger partial charge in [0.1, 0.15) is 11.6 Å². The lowest BCUT2D eigenvalue weighted by molar-refractivity contribution is -0.118. The highest BCUT2D eigenvalue weighted by Gasteiger charge is 2.17. The molecule has 6 nitrogen and oxygen atoms in total. The highest BCUT2D eigenvalue weighted by molar-refractivity contribution is 5.90. The molecule has 1 aliphatic rings. The third-order valence-corrected chi connectivity index (χ3v) is 4.03. The molecule has 1 N–H and O–H groups in total. The monoisotopic (exact) mass is 314 g/mol. The minimum absolute atomic E-state index is 0.0385. The van der Waals surface area contributed by atoms with E-state index in [1.54, 1.807) is 0 Å². The molecule has 0 unspecified atom stereocenters. The first-order valence-corrected chi connectivity index (χ1v) is 8.08. The van der Waals surface area contributed by atoms with E-state index < -0.39 is 0 Å². The van der Waals surface area contributed by atoms with E-state index in [2.05, 4.69) is 29.4 Å². The number of aromatic nitrogens is 3. The average molecular weight is 314 g/mol. The second-order valence-corrected chi connectivity index (χ2v) is 6.11. The number of hydrogen-bond donors (Lipinski definition) is 1. The van der Waals surface area contributed by atoms with Gasteiger partial charge in [0.15, 0.2) is 6.61 Å². The molecule has 0 saturated carbocycles. The van der Waals surface area contributed by atoms with Gasteiger partial charge in [-0.15, -0.1) is 10.2 Å². The Hall–Kier alpha value is -2.37. The largest absolute Gasteiger partial charge is 0.484 e. The van der Waals surface area contributed by atoms with E-state index in [4.69, 9.17) is 4.74 Å². The van der Waals surface area contributed by atoms with Crippen LogP contribution in [0.2, 0.25) is 0 Å². The number of amides is 1. The van der Waals surface area contributed by atoms with Crippen molar-refractivity contribution in [2.75, 3.05) is 11.9 Å². The van der Waals surface area contributed by atoms with Crippen molar-refractivity contribution in [3.63, 3.8) is 0 Å². The normalized spacial score (nSPS) is 13.7. The molecule has 1 aliphatic heterocycles. The predicted molar refractivity (Wildman–Crippen MR) is 87.6 cm³/mol. The van der Waals surface area contributed by atoms with Crippen molar-refractivity contribution >= 4 is 11.9 Å². The molecule has 23 heavy (non-hydrogen) atoms. The highest BCUT2D eigenvalue weighted by Crippen LogP contribution is 2.19. The zero-order valence-corrected chi connectivity index (χ0v) is 13.6. The summed E-state index contributed by atoms with van der Waals surface area (Å²) in [5.74, 6) is 2.40. The van der Waals surface area contributed by atoms with Crippen LogP contribution in [0.4, 0.5) is 5.95 Å². The second-order valence-electron chi connectivity index (χ2n) is 6.11. The van der Waals surface area contributed by atoms with Crippen molar-refractivity contribution < 1.29 is 9.53 Å². The van der Waals surface area contributed by atoms with Crippen molar-refractivity contribution in [2.24, 2.45) is 0 Å². The van der Waals surface area contributed by atoms with Crippen LogP contribution >= 0.6 is 0 Å². The lowest BCUT2D eigenvalue weighted by Gasteiger charge is -2.14. The van der Waals surface area contributed by atoms with E-state index in [0.29, 0.717) is 17.6 Å². The maximum Gasteiger partial charge on any atom is 0.264 e. The summed E-state index contributed by atoms with van der Waals surface area (Å²) < 4.78 is 7.50. The molecular formula is C17H22N4O2.